The largest absolute Gasteiger partial charge is 0.457 e. The van der Waals surface area contributed by atoms with Crippen LogP contribution in [-0.4, -0.2) is 9.76 Å². The second-order valence-electron chi connectivity index (χ2n) is 4.56. The van der Waals surface area contributed by atoms with E-state index in [2.05, 4.69) is 0 Å². The van der Waals surface area contributed by atoms with Gasteiger partial charge in [-0.1, -0.05) is 56.3 Å². The quantitative estimate of drug-likeness (QED) is 0.405. The van der Waals surface area contributed by atoms with Crippen LogP contribution in [0.15, 0.2) is 48.1 Å². The molecule has 0 N–H and O–H groups in total. The van der Waals surface area contributed by atoms with Crippen LogP contribution in [0.4, 0.5) is 0 Å². The summed E-state index contributed by atoms with van der Waals surface area (Å²) in [4.78, 5) is 22.8. The molecule has 1 aliphatic carbocycles. The summed E-state index contributed by atoms with van der Waals surface area (Å²) >= 11 is 1.78. The number of rotatable bonds is 5. The van der Waals surface area contributed by atoms with E-state index in [1.807, 2.05) is 50.3 Å². The Morgan fingerprint density at radius 1 is 1.09 bits per heavy atom. The number of esters is 1. The lowest BCUT2D eigenvalue weighted by Gasteiger charge is -2.08. The zero-order chi connectivity index (χ0) is 16.4. The lowest BCUT2D eigenvalue weighted by molar-refractivity contribution is -0.139. The molecule has 0 saturated heterocycles. The molecule has 0 bridgehead atoms. The summed E-state index contributed by atoms with van der Waals surface area (Å²) in [6.07, 6.45) is 7.98. The van der Waals surface area contributed by atoms with Crippen molar-refractivity contribution in [3.63, 3.8) is 0 Å². The molecule has 0 aromatic heterocycles. The fourth-order valence-electron chi connectivity index (χ4n) is 1.91. The van der Waals surface area contributed by atoms with Gasteiger partial charge in [-0.25, -0.2) is 4.79 Å². The Labute approximate surface area is 145 Å². The normalized spacial score (nSPS) is 12.8. The lowest BCUT2D eigenvalue weighted by Crippen LogP contribution is -2.07. The molecular formula is C18H21IO3. The smallest absolute Gasteiger partial charge is 0.338 e. The molecular weight excluding hydrogens is 391 g/mol. The second-order valence-corrected chi connectivity index (χ2v) is 5.77. The van der Waals surface area contributed by atoms with E-state index in [1.54, 1.807) is 28.7 Å². The number of ether oxygens (including phenoxy) is 1. The molecule has 1 aliphatic rings. The fraction of sp³-hybridized carbons (Fsp3) is 0.333. The van der Waals surface area contributed by atoms with Crippen LogP contribution in [0, 0.1) is 0 Å². The van der Waals surface area contributed by atoms with Crippen molar-refractivity contribution in [3.8, 4) is 0 Å². The lowest BCUT2D eigenvalue weighted by atomic mass is 10.1. The highest BCUT2D eigenvalue weighted by atomic mass is 127. The summed E-state index contributed by atoms with van der Waals surface area (Å²) in [6.45, 7) is 4.25. The summed E-state index contributed by atoms with van der Waals surface area (Å²) in [6, 6.07) is 7.54. The highest BCUT2D eigenvalue weighted by molar-refractivity contribution is 14.1. The Balaban J connectivity index is 0.00000116. The first-order valence-corrected chi connectivity index (χ1v) is 8.53. The van der Waals surface area contributed by atoms with Gasteiger partial charge in [0.25, 0.3) is 0 Å². The van der Waals surface area contributed by atoms with Crippen LogP contribution < -0.4 is 0 Å². The van der Waals surface area contributed by atoms with Crippen LogP contribution in [0.5, 0.6) is 0 Å². The maximum atomic E-state index is 11.8. The Morgan fingerprint density at radius 3 is 2.27 bits per heavy atom. The summed E-state index contributed by atoms with van der Waals surface area (Å²) in [7, 11) is 0. The van der Waals surface area contributed by atoms with Gasteiger partial charge in [-0.05, 0) is 46.6 Å². The number of carbonyl (C=O) groups is 2. The van der Waals surface area contributed by atoms with Gasteiger partial charge >= 0.3 is 5.97 Å². The molecule has 0 amide bonds. The SMILES string of the molecule is CC.O=C(I)Cc1ccc(COC(=O)C2=CCCC=C2)cc1. The van der Waals surface area contributed by atoms with Crippen molar-refractivity contribution in [2.75, 3.05) is 0 Å². The van der Waals surface area contributed by atoms with E-state index in [4.69, 9.17) is 4.74 Å². The maximum absolute atomic E-state index is 11.8. The molecule has 0 atom stereocenters. The van der Waals surface area contributed by atoms with Crippen molar-refractivity contribution in [1.29, 1.82) is 0 Å². The predicted molar refractivity (Wildman–Crippen MR) is 96.8 cm³/mol. The van der Waals surface area contributed by atoms with Crippen LogP contribution in [0.2, 0.25) is 0 Å². The average molecular weight is 412 g/mol. The van der Waals surface area contributed by atoms with E-state index in [-0.39, 0.29) is 16.4 Å². The Kier molecular flexibility index (Phi) is 8.74. The molecule has 0 radical (unpaired) electrons. The molecule has 4 heteroatoms. The fourth-order valence-corrected chi connectivity index (χ4v) is 2.35. The van der Waals surface area contributed by atoms with Gasteiger partial charge in [0.1, 0.15) is 6.61 Å². The summed E-state index contributed by atoms with van der Waals surface area (Å²) in [5.41, 5.74) is 2.52. The Morgan fingerprint density at radius 2 is 1.73 bits per heavy atom. The molecule has 0 unspecified atom stereocenters. The van der Waals surface area contributed by atoms with Crippen LogP contribution in [0.1, 0.15) is 37.8 Å². The standard InChI is InChI=1S/C16H15IO3.C2H6/c17-15(18)10-12-6-8-13(9-7-12)11-20-16(19)14-4-2-1-3-5-14;1-2/h2,4-9H,1,3,10-11H2;1-2H3. The van der Waals surface area contributed by atoms with E-state index < -0.39 is 0 Å². The van der Waals surface area contributed by atoms with Gasteiger partial charge in [-0.15, -0.1) is 0 Å². The van der Waals surface area contributed by atoms with Gasteiger partial charge in [-0.3, -0.25) is 4.79 Å². The number of benzene rings is 1. The van der Waals surface area contributed by atoms with Crippen LogP contribution in [0.3, 0.4) is 0 Å². The zero-order valence-electron chi connectivity index (χ0n) is 13.0. The topological polar surface area (TPSA) is 43.4 Å². The Bertz CT molecular complexity index is 556. The van der Waals surface area contributed by atoms with Gasteiger partial charge in [-0.2, -0.15) is 0 Å². The molecule has 0 aliphatic heterocycles. The van der Waals surface area contributed by atoms with E-state index in [0.717, 1.165) is 24.0 Å². The molecule has 0 fully saturated rings. The summed E-state index contributed by atoms with van der Waals surface area (Å²) < 4.78 is 5.37. The number of halogens is 1. The Hall–Kier alpha value is -1.43. The molecule has 0 heterocycles. The summed E-state index contributed by atoms with van der Waals surface area (Å²) in [5, 5.41) is 0. The molecule has 22 heavy (non-hydrogen) atoms. The van der Waals surface area contributed by atoms with Crippen LogP contribution in [-0.2, 0) is 27.4 Å². The number of allylic oxidation sites excluding steroid dienone is 2. The van der Waals surface area contributed by atoms with Crippen molar-refractivity contribution in [3.05, 3.63) is 59.2 Å². The molecule has 0 spiro atoms. The first kappa shape index (κ1) is 18.6. The molecule has 1 aromatic rings. The predicted octanol–water partition coefficient (Wildman–Crippen LogP) is 4.54. The molecule has 3 nitrogen and oxygen atoms in total. The van der Waals surface area contributed by atoms with Crippen LogP contribution in [0.25, 0.3) is 0 Å². The average Bonchev–Trinajstić information content (AvgIpc) is 2.56. The highest BCUT2D eigenvalue weighted by Crippen LogP contribution is 2.13. The van der Waals surface area contributed by atoms with Crippen molar-refractivity contribution in [2.24, 2.45) is 0 Å². The first-order valence-electron chi connectivity index (χ1n) is 7.45. The number of carbonyl (C=O) groups excluding carboxylic acids is 2. The van der Waals surface area contributed by atoms with Crippen LogP contribution >= 0.6 is 22.6 Å². The third-order valence-electron chi connectivity index (χ3n) is 2.97. The van der Waals surface area contributed by atoms with Gasteiger partial charge < -0.3 is 4.74 Å². The van der Waals surface area contributed by atoms with Crippen molar-refractivity contribution < 1.29 is 14.3 Å². The minimum Gasteiger partial charge on any atom is -0.457 e. The van der Waals surface area contributed by atoms with Crippen molar-refractivity contribution in [2.45, 2.75) is 39.7 Å². The second kappa shape index (κ2) is 10.3. The van der Waals surface area contributed by atoms with Gasteiger partial charge in [0.15, 0.2) is 3.79 Å². The monoisotopic (exact) mass is 412 g/mol. The van der Waals surface area contributed by atoms with Crippen molar-refractivity contribution in [1.82, 2.24) is 0 Å². The molecule has 2 rings (SSSR count). The van der Waals surface area contributed by atoms with Crippen molar-refractivity contribution >= 4 is 32.4 Å². The van der Waals surface area contributed by atoms with E-state index in [9.17, 15) is 9.59 Å². The van der Waals surface area contributed by atoms with Gasteiger partial charge in [0.05, 0.1) is 5.57 Å². The van der Waals surface area contributed by atoms with Gasteiger partial charge in [0, 0.05) is 6.42 Å². The third kappa shape index (κ3) is 6.56. The summed E-state index contributed by atoms with van der Waals surface area (Å²) in [5.74, 6) is -0.285. The number of hydrogen-bond donors (Lipinski definition) is 0. The molecule has 118 valence electrons. The molecule has 0 saturated carbocycles. The maximum Gasteiger partial charge on any atom is 0.338 e. The van der Waals surface area contributed by atoms with E-state index in [0.29, 0.717) is 12.0 Å². The van der Waals surface area contributed by atoms with E-state index in [1.165, 1.54) is 0 Å². The van der Waals surface area contributed by atoms with E-state index >= 15 is 0 Å². The third-order valence-corrected chi connectivity index (χ3v) is 3.35. The number of hydrogen-bond acceptors (Lipinski definition) is 3. The highest BCUT2D eigenvalue weighted by Gasteiger charge is 2.10. The minimum atomic E-state index is -0.285. The molecule has 1 aromatic carbocycles. The minimum absolute atomic E-state index is 0.109. The van der Waals surface area contributed by atoms with Gasteiger partial charge in [0.2, 0.25) is 0 Å². The first-order chi connectivity index (χ1) is 10.6. The zero-order valence-corrected chi connectivity index (χ0v) is 15.1.